The highest BCUT2D eigenvalue weighted by atomic mass is 16.3. The van der Waals surface area contributed by atoms with Crippen LogP contribution in [0.4, 0.5) is 0 Å². The lowest BCUT2D eigenvalue weighted by Gasteiger charge is -2.22. The second-order valence-electron chi connectivity index (χ2n) is 18.7. The van der Waals surface area contributed by atoms with Gasteiger partial charge >= 0.3 is 0 Å². The molecule has 0 aromatic heterocycles. The highest BCUT2D eigenvalue weighted by molar-refractivity contribution is 5.76. The molecule has 58 heavy (non-hydrogen) atoms. The number of aliphatic hydroxyl groups is 2. The van der Waals surface area contributed by atoms with Gasteiger partial charge in [-0.25, -0.2) is 0 Å². The first-order valence-electron chi connectivity index (χ1n) is 26.9. The third-order valence-corrected chi connectivity index (χ3v) is 12.8. The van der Waals surface area contributed by atoms with Gasteiger partial charge in [0.15, 0.2) is 0 Å². The quantitative estimate of drug-likeness (QED) is 0.0423. The zero-order valence-electron chi connectivity index (χ0n) is 39.8. The Morgan fingerprint density at radius 3 is 0.948 bits per heavy atom. The Morgan fingerprint density at radius 2 is 0.655 bits per heavy atom. The summed E-state index contributed by atoms with van der Waals surface area (Å²) in [7, 11) is 0. The van der Waals surface area contributed by atoms with E-state index in [1.165, 1.54) is 257 Å². The highest BCUT2D eigenvalue weighted by Gasteiger charge is 2.20. The van der Waals surface area contributed by atoms with E-state index in [1.54, 1.807) is 0 Å². The number of rotatable bonds is 50. The zero-order chi connectivity index (χ0) is 42.1. The van der Waals surface area contributed by atoms with Crippen molar-refractivity contribution in [2.24, 2.45) is 0 Å². The number of allylic oxidation sites excluding steroid dienone is 2. The van der Waals surface area contributed by atoms with Gasteiger partial charge in [-0.1, -0.05) is 276 Å². The fraction of sp³-hybridized carbons (Fsp3) is 0.944. The van der Waals surface area contributed by atoms with Gasteiger partial charge in [-0.05, 0) is 38.5 Å². The maximum atomic E-state index is 12.5. The summed E-state index contributed by atoms with van der Waals surface area (Å²) in [6.07, 6.45) is 64.7. The Labute approximate surface area is 365 Å². The fourth-order valence-electron chi connectivity index (χ4n) is 8.65. The van der Waals surface area contributed by atoms with Gasteiger partial charge in [0.05, 0.1) is 18.8 Å². The molecule has 0 spiro atoms. The fourth-order valence-corrected chi connectivity index (χ4v) is 8.65. The third-order valence-electron chi connectivity index (χ3n) is 12.8. The predicted molar refractivity (Wildman–Crippen MR) is 258 cm³/mol. The van der Waals surface area contributed by atoms with Gasteiger partial charge in [0, 0.05) is 6.42 Å². The maximum Gasteiger partial charge on any atom is 0.220 e. The van der Waals surface area contributed by atoms with Crippen LogP contribution in [0.15, 0.2) is 12.2 Å². The van der Waals surface area contributed by atoms with Crippen molar-refractivity contribution < 1.29 is 15.0 Å². The molecule has 346 valence electrons. The summed E-state index contributed by atoms with van der Waals surface area (Å²) in [4.78, 5) is 12.5. The van der Waals surface area contributed by atoms with Crippen LogP contribution in [0.5, 0.6) is 0 Å². The van der Waals surface area contributed by atoms with Crippen LogP contribution in [0.1, 0.15) is 309 Å². The topological polar surface area (TPSA) is 69.6 Å². The van der Waals surface area contributed by atoms with Crippen LogP contribution in [-0.2, 0) is 4.79 Å². The van der Waals surface area contributed by atoms with Crippen LogP contribution in [0.25, 0.3) is 0 Å². The summed E-state index contributed by atoms with van der Waals surface area (Å²) in [5.74, 6) is -0.0280. The van der Waals surface area contributed by atoms with Crippen molar-refractivity contribution >= 4 is 5.91 Å². The number of carbonyl (C=O) groups is 1. The molecule has 0 radical (unpaired) electrons. The summed E-state index contributed by atoms with van der Waals surface area (Å²) in [6.45, 7) is 4.39. The Balaban J connectivity index is 3.44. The zero-order valence-corrected chi connectivity index (χ0v) is 39.8. The van der Waals surface area contributed by atoms with Gasteiger partial charge in [0.25, 0.3) is 0 Å². The Kier molecular flexibility index (Phi) is 49.7. The highest BCUT2D eigenvalue weighted by Crippen LogP contribution is 2.18. The van der Waals surface area contributed by atoms with Crippen molar-refractivity contribution in [3.05, 3.63) is 12.2 Å². The van der Waals surface area contributed by atoms with E-state index in [1.807, 2.05) is 0 Å². The SMILES string of the molecule is CCCCCCCCCC/C=C\CCCCCCCCCCCC(=O)NC(CO)C(O)CCCCCCCCCCCCCCCCCCCCCCCCCCC. The molecule has 0 fully saturated rings. The van der Waals surface area contributed by atoms with Gasteiger partial charge in [-0.2, -0.15) is 0 Å². The number of nitrogens with one attached hydrogen (secondary N) is 1. The lowest BCUT2D eigenvalue weighted by molar-refractivity contribution is -0.123. The van der Waals surface area contributed by atoms with Gasteiger partial charge < -0.3 is 15.5 Å². The molecule has 0 aromatic rings. The van der Waals surface area contributed by atoms with Crippen LogP contribution in [0.2, 0.25) is 0 Å². The monoisotopic (exact) mass is 818 g/mol. The summed E-state index contributed by atoms with van der Waals surface area (Å²) in [6, 6.07) is -0.535. The number of aliphatic hydroxyl groups excluding tert-OH is 2. The summed E-state index contributed by atoms with van der Waals surface area (Å²) in [5, 5.41) is 23.3. The van der Waals surface area contributed by atoms with Crippen LogP contribution in [0.3, 0.4) is 0 Å². The minimum Gasteiger partial charge on any atom is -0.394 e. The number of hydrogen-bond acceptors (Lipinski definition) is 3. The van der Waals surface area contributed by atoms with E-state index in [9.17, 15) is 15.0 Å². The standard InChI is InChI=1S/C54H107NO3/c1-3-5-7-9-11-13-15-17-19-21-23-25-26-27-28-30-31-33-35-37-39-41-43-45-47-49-53(57)52(51-56)55-54(58)50-48-46-44-42-40-38-36-34-32-29-24-22-20-18-16-14-12-10-8-6-4-2/h22,24,52-53,56-57H,3-21,23,25-51H2,1-2H3,(H,55,58)/b24-22-. The smallest absolute Gasteiger partial charge is 0.220 e. The molecule has 0 aliphatic carbocycles. The Morgan fingerprint density at radius 1 is 0.397 bits per heavy atom. The van der Waals surface area contributed by atoms with Crippen LogP contribution in [-0.4, -0.2) is 34.9 Å². The second-order valence-corrected chi connectivity index (χ2v) is 18.7. The van der Waals surface area contributed by atoms with Crippen molar-refractivity contribution in [2.75, 3.05) is 6.61 Å². The Hall–Kier alpha value is -0.870. The van der Waals surface area contributed by atoms with E-state index in [2.05, 4.69) is 31.3 Å². The Bertz CT molecular complexity index is 799. The van der Waals surface area contributed by atoms with Crippen molar-refractivity contribution in [3.8, 4) is 0 Å². The molecule has 0 saturated heterocycles. The molecule has 4 heteroatoms. The van der Waals surface area contributed by atoms with Crippen molar-refractivity contribution in [1.82, 2.24) is 5.32 Å². The van der Waals surface area contributed by atoms with Crippen molar-refractivity contribution in [1.29, 1.82) is 0 Å². The van der Waals surface area contributed by atoms with Crippen LogP contribution in [0, 0.1) is 0 Å². The van der Waals surface area contributed by atoms with Gasteiger partial charge in [0.2, 0.25) is 5.91 Å². The molecular weight excluding hydrogens is 711 g/mol. The molecule has 0 saturated carbocycles. The molecule has 0 bridgehead atoms. The molecule has 4 nitrogen and oxygen atoms in total. The van der Waals surface area contributed by atoms with Crippen molar-refractivity contribution in [3.63, 3.8) is 0 Å². The molecule has 0 aliphatic heterocycles. The molecule has 3 N–H and O–H groups in total. The minimum absolute atomic E-state index is 0.0280. The minimum atomic E-state index is -0.658. The van der Waals surface area contributed by atoms with Crippen molar-refractivity contribution in [2.45, 2.75) is 321 Å². The van der Waals surface area contributed by atoms with E-state index in [0.717, 1.165) is 25.7 Å². The molecule has 0 aliphatic rings. The van der Waals surface area contributed by atoms with E-state index < -0.39 is 12.1 Å². The number of carbonyl (C=O) groups excluding carboxylic acids is 1. The molecule has 2 unspecified atom stereocenters. The number of amides is 1. The first-order valence-corrected chi connectivity index (χ1v) is 26.9. The average Bonchev–Trinajstić information content (AvgIpc) is 3.23. The number of hydrogen-bond donors (Lipinski definition) is 3. The lowest BCUT2D eigenvalue weighted by atomic mass is 10.0. The lowest BCUT2D eigenvalue weighted by Crippen LogP contribution is -2.45. The van der Waals surface area contributed by atoms with E-state index >= 15 is 0 Å². The molecular formula is C54H107NO3. The summed E-state index contributed by atoms with van der Waals surface area (Å²) >= 11 is 0. The number of unbranched alkanes of at least 4 members (excludes halogenated alkanes) is 41. The molecule has 2 atom stereocenters. The molecule has 0 heterocycles. The molecule has 0 aromatic carbocycles. The first-order chi connectivity index (χ1) is 28.7. The van der Waals surface area contributed by atoms with E-state index in [-0.39, 0.29) is 12.5 Å². The molecule has 1 amide bonds. The predicted octanol–water partition coefficient (Wildman–Crippen LogP) is 17.4. The second kappa shape index (κ2) is 50.5. The summed E-state index contributed by atoms with van der Waals surface area (Å²) in [5.41, 5.74) is 0. The van der Waals surface area contributed by atoms with Crippen LogP contribution >= 0.6 is 0 Å². The average molecular weight is 818 g/mol. The largest absolute Gasteiger partial charge is 0.394 e. The van der Waals surface area contributed by atoms with E-state index in [4.69, 9.17) is 0 Å². The summed E-state index contributed by atoms with van der Waals surface area (Å²) < 4.78 is 0. The van der Waals surface area contributed by atoms with Gasteiger partial charge in [-0.15, -0.1) is 0 Å². The van der Waals surface area contributed by atoms with Crippen LogP contribution < -0.4 is 5.32 Å². The van der Waals surface area contributed by atoms with Gasteiger partial charge in [0.1, 0.15) is 0 Å². The molecule has 0 rings (SSSR count). The third kappa shape index (κ3) is 46.2. The maximum absolute atomic E-state index is 12.5. The first kappa shape index (κ1) is 57.1. The van der Waals surface area contributed by atoms with Gasteiger partial charge in [-0.3, -0.25) is 4.79 Å². The van der Waals surface area contributed by atoms with E-state index in [0.29, 0.717) is 12.8 Å². The normalized spacial score (nSPS) is 12.8.